The van der Waals surface area contributed by atoms with Crippen molar-refractivity contribution in [1.29, 1.82) is 0 Å². The van der Waals surface area contributed by atoms with E-state index in [9.17, 15) is 9.59 Å². The molecule has 0 spiro atoms. The SMILES string of the molecule is CCn1c(SCC(=O)N[C@@H]2CCCC[C@H]2C)nnc1[C@@H](NC(=O)c1ccc(Cl)cc1Cl)C(C)C. The van der Waals surface area contributed by atoms with E-state index in [1.54, 1.807) is 18.2 Å². The molecule has 0 aliphatic heterocycles. The number of nitrogens with zero attached hydrogens (tertiary/aromatic N) is 3. The number of carbonyl (C=O) groups excluding carboxylic acids is 2. The fourth-order valence-electron chi connectivity index (χ4n) is 4.27. The maximum atomic E-state index is 12.9. The van der Waals surface area contributed by atoms with E-state index in [1.165, 1.54) is 24.6 Å². The van der Waals surface area contributed by atoms with Gasteiger partial charge in [-0.1, -0.05) is 68.6 Å². The van der Waals surface area contributed by atoms with Crippen LogP contribution < -0.4 is 10.6 Å². The zero-order valence-electron chi connectivity index (χ0n) is 20.1. The highest BCUT2D eigenvalue weighted by atomic mass is 35.5. The van der Waals surface area contributed by atoms with Crippen molar-refractivity contribution in [3.63, 3.8) is 0 Å². The molecule has 1 aromatic carbocycles. The molecule has 0 unspecified atom stereocenters. The average Bonchev–Trinajstić information content (AvgIpc) is 3.19. The van der Waals surface area contributed by atoms with Gasteiger partial charge in [-0.25, -0.2) is 0 Å². The van der Waals surface area contributed by atoms with Gasteiger partial charge in [-0.05, 0) is 49.8 Å². The van der Waals surface area contributed by atoms with Crippen LogP contribution in [0.3, 0.4) is 0 Å². The number of hydrogen-bond acceptors (Lipinski definition) is 5. The topological polar surface area (TPSA) is 88.9 Å². The summed E-state index contributed by atoms with van der Waals surface area (Å²) < 4.78 is 1.95. The van der Waals surface area contributed by atoms with Gasteiger partial charge < -0.3 is 15.2 Å². The van der Waals surface area contributed by atoms with Gasteiger partial charge in [0.05, 0.1) is 22.4 Å². The molecule has 1 aliphatic carbocycles. The Kier molecular flexibility index (Phi) is 9.68. The normalized spacial score (nSPS) is 19.1. The van der Waals surface area contributed by atoms with Gasteiger partial charge in [-0.2, -0.15) is 0 Å². The van der Waals surface area contributed by atoms with Gasteiger partial charge in [0.15, 0.2) is 11.0 Å². The first kappa shape index (κ1) is 26.8. The molecule has 0 radical (unpaired) electrons. The number of halogens is 2. The van der Waals surface area contributed by atoms with Crippen LogP contribution in [0.25, 0.3) is 0 Å². The van der Waals surface area contributed by atoms with Crippen LogP contribution in [0.2, 0.25) is 10.0 Å². The summed E-state index contributed by atoms with van der Waals surface area (Å²) in [5.74, 6) is 1.21. The van der Waals surface area contributed by atoms with E-state index >= 15 is 0 Å². The zero-order valence-corrected chi connectivity index (χ0v) is 22.4. The third kappa shape index (κ3) is 6.67. The van der Waals surface area contributed by atoms with Crippen LogP contribution in [0.4, 0.5) is 0 Å². The molecule has 1 fully saturated rings. The monoisotopic (exact) mass is 525 g/mol. The minimum Gasteiger partial charge on any atom is -0.352 e. The number of aromatic nitrogens is 3. The smallest absolute Gasteiger partial charge is 0.253 e. The number of benzene rings is 1. The van der Waals surface area contributed by atoms with E-state index in [4.69, 9.17) is 23.2 Å². The van der Waals surface area contributed by atoms with Gasteiger partial charge in [0.1, 0.15) is 0 Å². The molecule has 7 nitrogen and oxygen atoms in total. The Morgan fingerprint density at radius 2 is 1.94 bits per heavy atom. The summed E-state index contributed by atoms with van der Waals surface area (Å²) >= 11 is 13.6. The van der Waals surface area contributed by atoms with Gasteiger partial charge in [0.25, 0.3) is 5.91 Å². The van der Waals surface area contributed by atoms with E-state index in [2.05, 4.69) is 27.8 Å². The number of carbonyl (C=O) groups is 2. The Bertz CT molecular complexity index is 1010. The molecule has 1 aromatic heterocycles. The lowest BCUT2D eigenvalue weighted by Crippen LogP contribution is -2.41. The van der Waals surface area contributed by atoms with Gasteiger partial charge in [0.2, 0.25) is 5.91 Å². The second-order valence-electron chi connectivity index (χ2n) is 9.13. The van der Waals surface area contributed by atoms with E-state index in [1.807, 2.05) is 25.3 Å². The molecule has 3 atom stereocenters. The minimum atomic E-state index is -0.377. The van der Waals surface area contributed by atoms with Crippen LogP contribution in [0.5, 0.6) is 0 Å². The first-order chi connectivity index (χ1) is 16.2. The van der Waals surface area contributed by atoms with Gasteiger partial charge in [-0.15, -0.1) is 10.2 Å². The van der Waals surface area contributed by atoms with Crippen LogP contribution in [0.1, 0.15) is 75.6 Å². The highest BCUT2D eigenvalue weighted by molar-refractivity contribution is 7.99. The Hall–Kier alpha value is -1.77. The van der Waals surface area contributed by atoms with Crippen molar-refractivity contribution in [2.45, 2.75) is 77.2 Å². The van der Waals surface area contributed by atoms with E-state index in [0.717, 1.165) is 12.8 Å². The molecule has 186 valence electrons. The molecule has 34 heavy (non-hydrogen) atoms. The van der Waals surface area contributed by atoms with Crippen molar-refractivity contribution in [2.75, 3.05) is 5.75 Å². The Morgan fingerprint density at radius 3 is 2.59 bits per heavy atom. The zero-order chi connectivity index (χ0) is 24.8. The number of nitrogens with one attached hydrogen (secondary N) is 2. The van der Waals surface area contributed by atoms with Gasteiger partial charge >= 0.3 is 0 Å². The Labute approximate surface area is 215 Å². The van der Waals surface area contributed by atoms with E-state index in [0.29, 0.717) is 39.1 Å². The number of hydrogen-bond donors (Lipinski definition) is 2. The average molecular weight is 527 g/mol. The maximum Gasteiger partial charge on any atom is 0.253 e. The highest BCUT2D eigenvalue weighted by Crippen LogP contribution is 2.28. The number of amides is 2. The summed E-state index contributed by atoms with van der Waals surface area (Å²) in [5.41, 5.74) is 0.350. The van der Waals surface area contributed by atoms with Crippen molar-refractivity contribution < 1.29 is 9.59 Å². The molecule has 1 aliphatic rings. The summed E-state index contributed by atoms with van der Waals surface area (Å²) in [7, 11) is 0. The molecule has 2 N–H and O–H groups in total. The van der Waals surface area contributed by atoms with Gasteiger partial charge in [-0.3, -0.25) is 9.59 Å². The summed E-state index contributed by atoms with van der Waals surface area (Å²) in [6, 6.07) is 4.66. The van der Waals surface area contributed by atoms with Crippen LogP contribution in [-0.4, -0.2) is 38.4 Å². The lowest BCUT2D eigenvalue weighted by atomic mass is 9.86. The number of rotatable bonds is 9. The Morgan fingerprint density at radius 1 is 1.21 bits per heavy atom. The molecule has 1 heterocycles. The molecule has 1 saturated carbocycles. The van der Waals surface area contributed by atoms with Crippen molar-refractivity contribution in [3.05, 3.63) is 39.6 Å². The maximum absolute atomic E-state index is 12.9. The molecule has 0 bridgehead atoms. The molecule has 10 heteroatoms. The minimum absolute atomic E-state index is 0.0158. The second kappa shape index (κ2) is 12.3. The van der Waals surface area contributed by atoms with Crippen molar-refractivity contribution in [3.8, 4) is 0 Å². The van der Waals surface area contributed by atoms with Crippen molar-refractivity contribution >= 4 is 46.8 Å². The van der Waals surface area contributed by atoms with E-state index in [-0.39, 0.29) is 35.6 Å². The summed E-state index contributed by atoms with van der Waals surface area (Å²) in [4.78, 5) is 25.5. The summed E-state index contributed by atoms with van der Waals surface area (Å²) in [6.45, 7) is 8.83. The molecule has 3 rings (SSSR count). The predicted octanol–water partition coefficient (Wildman–Crippen LogP) is 5.52. The third-order valence-corrected chi connectivity index (χ3v) is 7.77. The second-order valence-corrected chi connectivity index (χ2v) is 10.9. The van der Waals surface area contributed by atoms with Crippen LogP contribution in [0.15, 0.2) is 23.4 Å². The van der Waals surface area contributed by atoms with Crippen molar-refractivity contribution in [2.24, 2.45) is 11.8 Å². The predicted molar refractivity (Wildman–Crippen MR) is 137 cm³/mol. The lowest BCUT2D eigenvalue weighted by molar-refractivity contribution is -0.119. The van der Waals surface area contributed by atoms with Gasteiger partial charge in [0, 0.05) is 17.6 Å². The highest BCUT2D eigenvalue weighted by Gasteiger charge is 2.27. The fourth-order valence-corrected chi connectivity index (χ4v) is 5.58. The molecule has 0 saturated heterocycles. The molecule has 2 aromatic rings. The molecule has 2 amide bonds. The van der Waals surface area contributed by atoms with Crippen molar-refractivity contribution in [1.82, 2.24) is 25.4 Å². The molecular weight excluding hydrogens is 493 g/mol. The quantitative estimate of drug-likeness (QED) is 0.420. The van der Waals surface area contributed by atoms with Crippen LogP contribution in [0, 0.1) is 11.8 Å². The lowest BCUT2D eigenvalue weighted by Gasteiger charge is -2.29. The number of thioether (sulfide) groups is 1. The van der Waals surface area contributed by atoms with E-state index < -0.39 is 0 Å². The fraction of sp³-hybridized carbons (Fsp3) is 0.583. The first-order valence-electron chi connectivity index (χ1n) is 11.8. The third-order valence-electron chi connectivity index (χ3n) is 6.26. The largest absolute Gasteiger partial charge is 0.352 e. The first-order valence-corrected chi connectivity index (χ1v) is 13.6. The van der Waals surface area contributed by atoms with Crippen LogP contribution >= 0.6 is 35.0 Å². The Balaban J connectivity index is 1.69. The van der Waals surface area contributed by atoms with Crippen LogP contribution in [-0.2, 0) is 11.3 Å². The summed E-state index contributed by atoms with van der Waals surface area (Å²) in [6.07, 6.45) is 4.61. The standard InChI is InChI=1S/C24H33Cl2N5O2S/c1-5-31-22(21(14(2)3)28-23(33)17-11-10-16(25)12-18(17)26)29-30-24(31)34-13-20(32)27-19-9-7-6-8-15(19)4/h10-12,14-15,19,21H,5-9,13H2,1-4H3,(H,27,32)(H,28,33)/t15-,19-,21+/m1/s1. The molecular formula is C24H33Cl2N5O2S. The summed E-state index contributed by atoms with van der Waals surface area (Å²) in [5, 5.41) is 16.4.